The SMILES string of the molecule is C=NC1CC=NCC1OC. The van der Waals surface area contributed by atoms with E-state index in [0.717, 1.165) is 13.0 Å². The summed E-state index contributed by atoms with van der Waals surface area (Å²) in [5.74, 6) is 0. The molecule has 0 amide bonds. The van der Waals surface area contributed by atoms with Crippen LogP contribution in [0.1, 0.15) is 6.42 Å². The zero-order valence-corrected chi connectivity index (χ0v) is 6.16. The van der Waals surface area contributed by atoms with Gasteiger partial charge in [0.05, 0.1) is 18.7 Å². The summed E-state index contributed by atoms with van der Waals surface area (Å²) in [7, 11) is 1.68. The highest BCUT2D eigenvalue weighted by Gasteiger charge is 2.20. The molecule has 0 spiro atoms. The maximum Gasteiger partial charge on any atom is 0.0992 e. The van der Waals surface area contributed by atoms with Gasteiger partial charge in [-0.3, -0.25) is 9.98 Å². The van der Waals surface area contributed by atoms with E-state index in [9.17, 15) is 0 Å². The summed E-state index contributed by atoms with van der Waals surface area (Å²) in [6, 6.07) is 0.211. The van der Waals surface area contributed by atoms with Crippen LogP contribution >= 0.6 is 0 Å². The monoisotopic (exact) mass is 140 g/mol. The molecule has 10 heavy (non-hydrogen) atoms. The van der Waals surface area contributed by atoms with Gasteiger partial charge in [0.1, 0.15) is 0 Å². The molecule has 0 radical (unpaired) electrons. The van der Waals surface area contributed by atoms with Crippen LogP contribution in [-0.4, -0.2) is 38.7 Å². The Balaban J connectivity index is 2.53. The van der Waals surface area contributed by atoms with E-state index in [1.54, 1.807) is 7.11 Å². The Morgan fingerprint density at radius 3 is 3.10 bits per heavy atom. The van der Waals surface area contributed by atoms with Crippen molar-refractivity contribution in [2.45, 2.75) is 18.6 Å². The summed E-state index contributed by atoms with van der Waals surface area (Å²) >= 11 is 0. The van der Waals surface area contributed by atoms with Crippen LogP contribution in [0.4, 0.5) is 0 Å². The molecule has 2 atom stereocenters. The first-order chi connectivity index (χ1) is 4.88. The van der Waals surface area contributed by atoms with Crippen LogP contribution in [0.5, 0.6) is 0 Å². The van der Waals surface area contributed by atoms with Crippen molar-refractivity contribution in [2.75, 3.05) is 13.7 Å². The molecule has 0 aromatic rings. The smallest absolute Gasteiger partial charge is 0.0992 e. The second kappa shape index (κ2) is 3.46. The summed E-state index contributed by atoms with van der Waals surface area (Å²) in [6.45, 7) is 4.21. The van der Waals surface area contributed by atoms with Crippen LogP contribution in [0.2, 0.25) is 0 Å². The molecule has 0 fully saturated rings. The lowest BCUT2D eigenvalue weighted by atomic mass is 10.1. The molecule has 1 aliphatic rings. The average Bonchev–Trinajstić information content (AvgIpc) is 2.04. The van der Waals surface area contributed by atoms with Gasteiger partial charge in [0, 0.05) is 19.7 Å². The van der Waals surface area contributed by atoms with Gasteiger partial charge in [-0.05, 0) is 6.72 Å². The molecule has 0 saturated heterocycles. The standard InChI is InChI=1S/C7H12N2O/c1-8-6-3-4-9-5-7(6)10-2/h4,6-7H,1,3,5H2,2H3. The van der Waals surface area contributed by atoms with E-state index in [4.69, 9.17) is 4.74 Å². The topological polar surface area (TPSA) is 34.0 Å². The zero-order valence-electron chi connectivity index (χ0n) is 6.16. The minimum atomic E-state index is 0.141. The second-order valence-electron chi connectivity index (χ2n) is 2.31. The van der Waals surface area contributed by atoms with Gasteiger partial charge in [-0.25, -0.2) is 0 Å². The van der Waals surface area contributed by atoms with Crippen molar-refractivity contribution in [3.8, 4) is 0 Å². The molecule has 0 saturated carbocycles. The Hall–Kier alpha value is -0.700. The molecule has 3 nitrogen and oxygen atoms in total. The molecule has 2 unspecified atom stereocenters. The minimum absolute atomic E-state index is 0.141. The summed E-state index contributed by atoms with van der Waals surface area (Å²) in [5, 5.41) is 0. The quantitative estimate of drug-likeness (QED) is 0.515. The Kier molecular flexibility index (Phi) is 2.57. The van der Waals surface area contributed by atoms with Crippen molar-refractivity contribution < 1.29 is 4.74 Å². The third-order valence-corrected chi connectivity index (χ3v) is 1.73. The highest BCUT2D eigenvalue weighted by molar-refractivity contribution is 5.59. The van der Waals surface area contributed by atoms with Crippen molar-refractivity contribution >= 4 is 12.9 Å². The summed E-state index contributed by atoms with van der Waals surface area (Å²) < 4.78 is 5.15. The Morgan fingerprint density at radius 2 is 2.60 bits per heavy atom. The molecule has 0 aromatic carbocycles. The number of hydrogen-bond donors (Lipinski definition) is 0. The number of rotatable bonds is 2. The van der Waals surface area contributed by atoms with Crippen LogP contribution in [0, 0.1) is 0 Å². The van der Waals surface area contributed by atoms with Crippen molar-refractivity contribution in [3.05, 3.63) is 0 Å². The summed E-state index contributed by atoms with van der Waals surface area (Å²) in [6.07, 6.45) is 2.89. The fourth-order valence-corrected chi connectivity index (χ4v) is 1.06. The van der Waals surface area contributed by atoms with E-state index in [1.807, 2.05) is 6.21 Å². The van der Waals surface area contributed by atoms with Gasteiger partial charge in [0.2, 0.25) is 0 Å². The molecule has 3 heteroatoms. The van der Waals surface area contributed by atoms with E-state index in [2.05, 4.69) is 16.7 Å². The van der Waals surface area contributed by atoms with Crippen molar-refractivity contribution in [1.82, 2.24) is 0 Å². The number of aliphatic imine (C=N–C) groups is 2. The van der Waals surface area contributed by atoms with Gasteiger partial charge in [-0.2, -0.15) is 0 Å². The van der Waals surface area contributed by atoms with E-state index in [-0.39, 0.29) is 12.1 Å². The lowest BCUT2D eigenvalue weighted by Crippen LogP contribution is -2.32. The molecule has 0 aliphatic carbocycles. The van der Waals surface area contributed by atoms with Gasteiger partial charge in [-0.15, -0.1) is 0 Å². The minimum Gasteiger partial charge on any atom is -0.377 e. The number of methoxy groups -OCH3 is 1. The predicted octanol–water partition coefficient (Wildman–Crippen LogP) is 0.545. The number of hydrogen-bond acceptors (Lipinski definition) is 3. The second-order valence-corrected chi connectivity index (χ2v) is 2.31. The first kappa shape index (κ1) is 7.41. The fraction of sp³-hybridized carbons (Fsp3) is 0.714. The van der Waals surface area contributed by atoms with Crippen molar-refractivity contribution in [2.24, 2.45) is 9.98 Å². The zero-order chi connectivity index (χ0) is 7.40. The Labute approximate surface area is 60.8 Å². The first-order valence-electron chi connectivity index (χ1n) is 3.35. The third-order valence-electron chi connectivity index (χ3n) is 1.73. The summed E-state index contributed by atoms with van der Waals surface area (Å²) in [5.41, 5.74) is 0. The van der Waals surface area contributed by atoms with Gasteiger partial charge >= 0.3 is 0 Å². The van der Waals surface area contributed by atoms with E-state index < -0.39 is 0 Å². The maximum atomic E-state index is 5.15. The van der Waals surface area contributed by atoms with Crippen molar-refractivity contribution in [1.29, 1.82) is 0 Å². The third kappa shape index (κ3) is 1.42. The van der Waals surface area contributed by atoms with Crippen LogP contribution in [0.3, 0.4) is 0 Å². The van der Waals surface area contributed by atoms with Gasteiger partial charge in [0.25, 0.3) is 0 Å². The molecule has 0 N–H and O–H groups in total. The van der Waals surface area contributed by atoms with Crippen LogP contribution in [0.15, 0.2) is 9.98 Å². The lowest BCUT2D eigenvalue weighted by molar-refractivity contribution is 0.0875. The highest BCUT2D eigenvalue weighted by Crippen LogP contribution is 2.10. The predicted molar refractivity (Wildman–Crippen MR) is 42.1 cm³/mol. The molecule has 56 valence electrons. The molecule has 1 aliphatic heterocycles. The van der Waals surface area contributed by atoms with Gasteiger partial charge in [-0.1, -0.05) is 0 Å². The van der Waals surface area contributed by atoms with Crippen LogP contribution < -0.4 is 0 Å². The maximum absolute atomic E-state index is 5.15. The van der Waals surface area contributed by atoms with Gasteiger partial charge < -0.3 is 4.74 Å². The van der Waals surface area contributed by atoms with Crippen LogP contribution in [-0.2, 0) is 4.74 Å². The molecular weight excluding hydrogens is 128 g/mol. The molecule has 0 aromatic heterocycles. The van der Waals surface area contributed by atoms with E-state index >= 15 is 0 Å². The number of ether oxygens (including phenoxy) is 1. The first-order valence-corrected chi connectivity index (χ1v) is 3.35. The lowest BCUT2D eigenvalue weighted by Gasteiger charge is -2.22. The van der Waals surface area contributed by atoms with E-state index in [1.165, 1.54) is 0 Å². The average molecular weight is 140 g/mol. The van der Waals surface area contributed by atoms with Gasteiger partial charge in [0.15, 0.2) is 0 Å². The number of nitrogens with zero attached hydrogens (tertiary/aromatic N) is 2. The highest BCUT2D eigenvalue weighted by atomic mass is 16.5. The molecule has 1 rings (SSSR count). The fourth-order valence-electron chi connectivity index (χ4n) is 1.06. The molecular formula is C7H12N2O. The largest absolute Gasteiger partial charge is 0.377 e. The Bertz CT molecular complexity index is 145. The molecule has 1 heterocycles. The van der Waals surface area contributed by atoms with Crippen LogP contribution in [0.25, 0.3) is 0 Å². The Morgan fingerprint density at radius 1 is 1.80 bits per heavy atom. The van der Waals surface area contributed by atoms with Crippen molar-refractivity contribution in [3.63, 3.8) is 0 Å². The van der Waals surface area contributed by atoms with E-state index in [0.29, 0.717) is 0 Å². The summed E-state index contributed by atoms with van der Waals surface area (Å²) in [4.78, 5) is 8.02. The molecule has 0 bridgehead atoms. The normalized spacial score (nSPS) is 32.1.